The molecule has 7 nitrogen and oxygen atoms in total. The van der Waals surface area contributed by atoms with Gasteiger partial charge in [-0.25, -0.2) is 4.79 Å². The van der Waals surface area contributed by atoms with Crippen LogP contribution in [0.2, 0.25) is 5.02 Å². The third kappa shape index (κ3) is 5.85. The Labute approximate surface area is 199 Å². The van der Waals surface area contributed by atoms with E-state index >= 15 is 0 Å². The van der Waals surface area contributed by atoms with Crippen molar-refractivity contribution in [1.82, 2.24) is 0 Å². The standard InChI is InChI=1S/C24H21ClN2O5S/c1-13-14(2)33-23(26-15(3)28)21(13)24(31)32-12-20(29)27-19-10-9-17(25)11-18(19)22(30)16-7-5-4-6-8-16/h4-11H,12H2,1-3H3,(H,26,28)(H,27,29). The maximum Gasteiger partial charge on any atom is 0.341 e. The quantitative estimate of drug-likeness (QED) is 0.363. The van der Waals surface area contributed by atoms with Crippen molar-refractivity contribution in [3.8, 4) is 0 Å². The van der Waals surface area contributed by atoms with Crippen LogP contribution in [0.1, 0.15) is 43.6 Å². The van der Waals surface area contributed by atoms with Gasteiger partial charge in [0.15, 0.2) is 12.4 Å². The van der Waals surface area contributed by atoms with Gasteiger partial charge in [-0.2, -0.15) is 0 Å². The molecule has 0 radical (unpaired) electrons. The molecule has 0 bridgehead atoms. The first-order chi connectivity index (χ1) is 15.7. The van der Waals surface area contributed by atoms with Crippen LogP contribution in [0, 0.1) is 13.8 Å². The summed E-state index contributed by atoms with van der Waals surface area (Å²) in [5, 5.41) is 5.92. The largest absolute Gasteiger partial charge is 0.452 e. The van der Waals surface area contributed by atoms with Crippen LogP contribution in [-0.2, 0) is 14.3 Å². The van der Waals surface area contributed by atoms with Crippen molar-refractivity contribution in [2.75, 3.05) is 17.2 Å². The van der Waals surface area contributed by atoms with E-state index in [2.05, 4.69) is 10.6 Å². The van der Waals surface area contributed by atoms with Gasteiger partial charge in [0.25, 0.3) is 5.91 Å². The molecule has 1 heterocycles. The first-order valence-corrected chi connectivity index (χ1v) is 11.1. The fraction of sp³-hybridized carbons (Fsp3) is 0.167. The molecule has 0 saturated carbocycles. The van der Waals surface area contributed by atoms with Gasteiger partial charge in [0.1, 0.15) is 5.00 Å². The molecule has 2 N–H and O–H groups in total. The van der Waals surface area contributed by atoms with Gasteiger partial charge in [0, 0.05) is 28.0 Å². The van der Waals surface area contributed by atoms with Crippen molar-refractivity contribution in [2.24, 2.45) is 0 Å². The van der Waals surface area contributed by atoms with E-state index in [4.69, 9.17) is 16.3 Å². The number of halogens is 1. The molecule has 0 atom stereocenters. The van der Waals surface area contributed by atoms with Crippen LogP contribution in [0.25, 0.3) is 0 Å². The van der Waals surface area contributed by atoms with Gasteiger partial charge in [-0.15, -0.1) is 11.3 Å². The van der Waals surface area contributed by atoms with Gasteiger partial charge >= 0.3 is 5.97 Å². The zero-order valence-corrected chi connectivity index (χ0v) is 19.7. The lowest BCUT2D eigenvalue weighted by Crippen LogP contribution is -2.23. The van der Waals surface area contributed by atoms with E-state index in [0.717, 1.165) is 4.88 Å². The zero-order chi connectivity index (χ0) is 24.1. The molecule has 0 spiro atoms. The fourth-order valence-corrected chi connectivity index (χ4v) is 4.34. The summed E-state index contributed by atoms with van der Waals surface area (Å²) in [5.41, 5.74) is 1.78. The Kier molecular flexibility index (Phi) is 7.63. The van der Waals surface area contributed by atoms with Crippen LogP contribution >= 0.6 is 22.9 Å². The minimum atomic E-state index is -0.729. The zero-order valence-electron chi connectivity index (χ0n) is 18.2. The average molecular weight is 485 g/mol. The number of hydrogen-bond acceptors (Lipinski definition) is 6. The summed E-state index contributed by atoms with van der Waals surface area (Å²) >= 11 is 7.32. The van der Waals surface area contributed by atoms with Crippen molar-refractivity contribution in [3.05, 3.63) is 80.7 Å². The number of hydrogen-bond donors (Lipinski definition) is 2. The highest BCUT2D eigenvalue weighted by Gasteiger charge is 2.23. The van der Waals surface area contributed by atoms with Crippen LogP contribution in [0.5, 0.6) is 0 Å². The van der Waals surface area contributed by atoms with E-state index in [-0.39, 0.29) is 28.5 Å². The van der Waals surface area contributed by atoms with Crippen LogP contribution < -0.4 is 10.6 Å². The molecule has 0 aliphatic heterocycles. The molecule has 2 amide bonds. The summed E-state index contributed by atoms with van der Waals surface area (Å²) in [7, 11) is 0. The fourth-order valence-electron chi connectivity index (χ4n) is 3.07. The molecule has 0 unspecified atom stereocenters. The third-order valence-electron chi connectivity index (χ3n) is 4.75. The minimum Gasteiger partial charge on any atom is -0.452 e. The predicted octanol–water partition coefficient (Wildman–Crippen LogP) is 5.00. The highest BCUT2D eigenvalue weighted by atomic mass is 35.5. The number of ketones is 1. The number of esters is 1. The van der Waals surface area contributed by atoms with E-state index in [1.807, 2.05) is 6.92 Å². The second kappa shape index (κ2) is 10.4. The molecule has 0 aliphatic carbocycles. The van der Waals surface area contributed by atoms with Gasteiger partial charge in [-0.05, 0) is 37.6 Å². The number of nitrogens with one attached hydrogen (secondary N) is 2. The Morgan fingerprint density at radius 2 is 1.70 bits per heavy atom. The normalized spacial score (nSPS) is 10.4. The van der Waals surface area contributed by atoms with E-state index in [1.165, 1.54) is 30.4 Å². The highest BCUT2D eigenvalue weighted by molar-refractivity contribution is 7.16. The first kappa shape index (κ1) is 24.2. The van der Waals surface area contributed by atoms with E-state index in [1.54, 1.807) is 43.3 Å². The number of ether oxygens (including phenoxy) is 1. The van der Waals surface area contributed by atoms with Crippen molar-refractivity contribution in [3.63, 3.8) is 0 Å². The molecule has 0 aliphatic rings. The van der Waals surface area contributed by atoms with E-state index in [9.17, 15) is 19.2 Å². The molecule has 3 aromatic rings. The van der Waals surface area contributed by atoms with Gasteiger partial charge in [0.2, 0.25) is 5.91 Å². The summed E-state index contributed by atoms with van der Waals surface area (Å²) in [6, 6.07) is 13.1. The number of carbonyl (C=O) groups excluding carboxylic acids is 4. The second-order valence-electron chi connectivity index (χ2n) is 7.18. The molecule has 0 fully saturated rings. The monoisotopic (exact) mass is 484 g/mol. The molecule has 170 valence electrons. The Hall–Kier alpha value is -3.49. The van der Waals surface area contributed by atoms with Crippen molar-refractivity contribution < 1.29 is 23.9 Å². The molecule has 9 heteroatoms. The molecular formula is C24H21ClN2O5S. The van der Waals surface area contributed by atoms with Gasteiger partial charge in [-0.3, -0.25) is 14.4 Å². The van der Waals surface area contributed by atoms with Crippen LogP contribution in [0.15, 0.2) is 48.5 Å². The molecule has 3 rings (SSSR count). The maximum atomic E-state index is 12.9. The van der Waals surface area contributed by atoms with Gasteiger partial charge in [0.05, 0.1) is 11.3 Å². The van der Waals surface area contributed by atoms with Crippen molar-refractivity contribution in [2.45, 2.75) is 20.8 Å². The lowest BCUT2D eigenvalue weighted by atomic mass is 10.0. The van der Waals surface area contributed by atoms with Gasteiger partial charge < -0.3 is 15.4 Å². The topological polar surface area (TPSA) is 102 Å². The number of rotatable bonds is 7. The Bertz CT molecular complexity index is 1240. The maximum absolute atomic E-state index is 12.9. The number of amides is 2. The van der Waals surface area contributed by atoms with Crippen LogP contribution in [0.3, 0.4) is 0 Å². The van der Waals surface area contributed by atoms with E-state index in [0.29, 0.717) is 21.2 Å². The highest BCUT2D eigenvalue weighted by Crippen LogP contribution is 2.33. The summed E-state index contributed by atoms with van der Waals surface area (Å²) in [6.45, 7) is 4.32. The average Bonchev–Trinajstić information content (AvgIpc) is 3.05. The predicted molar refractivity (Wildman–Crippen MR) is 128 cm³/mol. The molecular weight excluding hydrogens is 464 g/mol. The SMILES string of the molecule is CC(=O)Nc1sc(C)c(C)c1C(=O)OCC(=O)Nc1ccc(Cl)cc1C(=O)c1ccccc1. The first-order valence-electron chi connectivity index (χ1n) is 9.91. The Balaban J connectivity index is 1.73. The number of carbonyl (C=O) groups is 4. The summed E-state index contributed by atoms with van der Waals surface area (Å²) < 4.78 is 5.18. The number of thiophene rings is 1. The smallest absolute Gasteiger partial charge is 0.341 e. The van der Waals surface area contributed by atoms with Crippen molar-refractivity contribution >= 4 is 57.2 Å². The van der Waals surface area contributed by atoms with Gasteiger partial charge in [-0.1, -0.05) is 41.9 Å². The summed E-state index contributed by atoms with van der Waals surface area (Å²) in [5.74, 6) is -1.98. The molecule has 33 heavy (non-hydrogen) atoms. The van der Waals surface area contributed by atoms with E-state index < -0.39 is 18.5 Å². The lowest BCUT2D eigenvalue weighted by molar-refractivity contribution is -0.119. The molecule has 1 aromatic heterocycles. The minimum absolute atomic E-state index is 0.214. The summed E-state index contributed by atoms with van der Waals surface area (Å²) in [6.07, 6.45) is 0. The number of benzene rings is 2. The third-order valence-corrected chi connectivity index (χ3v) is 6.11. The second-order valence-corrected chi connectivity index (χ2v) is 8.84. The number of aryl methyl sites for hydroxylation is 1. The Morgan fingerprint density at radius 1 is 1.00 bits per heavy atom. The van der Waals surface area contributed by atoms with Crippen molar-refractivity contribution in [1.29, 1.82) is 0 Å². The molecule has 2 aromatic carbocycles. The number of anilines is 2. The molecule has 0 saturated heterocycles. The lowest BCUT2D eigenvalue weighted by Gasteiger charge is -2.12. The summed E-state index contributed by atoms with van der Waals surface area (Å²) in [4.78, 5) is 50.3. The Morgan fingerprint density at radius 3 is 2.36 bits per heavy atom. The van der Waals surface area contributed by atoms with Crippen LogP contribution in [-0.4, -0.2) is 30.2 Å². The van der Waals surface area contributed by atoms with Crippen LogP contribution in [0.4, 0.5) is 10.7 Å².